The summed E-state index contributed by atoms with van der Waals surface area (Å²) >= 11 is 11.8. The van der Waals surface area contributed by atoms with Gasteiger partial charge >= 0.3 is 0 Å². The third-order valence-electron chi connectivity index (χ3n) is 2.54. The smallest absolute Gasteiger partial charge is 0.261 e. The van der Waals surface area contributed by atoms with Crippen molar-refractivity contribution in [2.45, 2.75) is 13.0 Å². The van der Waals surface area contributed by atoms with Gasteiger partial charge in [0.25, 0.3) is 6.43 Å². The Morgan fingerprint density at radius 1 is 1.33 bits per heavy atom. The van der Waals surface area contributed by atoms with Crippen LogP contribution in [0.1, 0.15) is 0 Å². The minimum absolute atomic E-state index is 0.0547. The van der Waals surface area contributed by atoms with Crippen LogP contribution in [0.4, 0.5) is 14.5 Å². The second-order valence-corrected chi connectivity index (χ2v) is 4.84. The average molecular weight is 338 g/mol. The predicted octanol–water partition coefficient (Wildman–Crippen LogP) is 2.51. The van der Waals surface area contributed by atoms with E-state index in [-0.39, 0.29) is 23.2 Å². The third-order valence-corrected chi connectivity index (χ3v) is 3.35. The molecule has 1 heterocycles. The Balaban J connectivity index is 2.13. The van der Waals surface area contributed by atoms with Crippen LogP contribution in [0.2, 0.25) is 10.0 Å². The number of nitrogen functional groups attached to an aromatic ring is 1. The molecule has 0 bridgehead atoms. The molecule has 2 aromatic rings. The molecule has 2 rings (SSSR count). The van der Waals surface area contributed by atoms with E-state index in [1.807, 2.05) is 0 Å². The highest BCUT2D eigenvalue weighted by atomic mass is 35.5. The van der Waals surface area contributed by atoms with E-state index < -0.39 is 13.0 Å². The van der Waals surface area contributed by atoms with Gasteiger partial charge in [-0.05, 0) is 22.6 Å². The van der Waals surface area contributed by atoms with Crippen LogP contribution in [0.15, 0.2) is 12.1 Å². The van der Waals surface area contributed by atoms with Gasteiger partial charge in [-0.25, -0.2) is 13.5 Å². The van der Waals surface area contributed by atoms with Crippen LogP contribution in [0, 0.1) is 0 Å². The number of tetrazole rings is 1. The number of aromatic nitrogens is 4. The van der Waals surface area contributed by atoms with Gasteiger partial charge in [0.1, 0.15) is 6.61 Å². The fourth-order valence-electron chi connectivity index (χ4n) is 1.62. The van der Waals surface area contributed by atoms with Gasteiger partial charge in [0.2, 0.25) is 0 Å². The molecule has 1 aromatic carbocycles. The molecule has 0 radical (unpaired) electrons. The quantitative estimate of drug-likeness (QED) is 0.647. The highest BCUT2D eigenvalue weighted by molar-refractivity contribution is 6.43. The van der Waals surface area contributed by atoms with E-state index in [4.69, 9.17) is 33.7 Å². The summed E-state index contributed by atoms with van der Waals surface area (Å²) in [6.45, 7) is -0.356. The lowest BCUT2D eigenvalue weighted by atomic mass is 10.2. The summed E-state index contributed by atoms with van der Waals surface area (Å²) in [5.74, 6) is 0.390. The third kappa shape index (κ3) is 3.99. The van der Waals surface area contributed by atoms with Gasteiger partial charge < -0.3 is 10.5 Å². The van der Waals surface area contributed by atoms with E-state index in [9.17, 15) is 8.78 Å². The van der Waals surface area contributed by atoms with Gasteiger partial charge in [0.15, 0.2) is 5.82 Å². The minimum Gasteiger partial charge on any atom is -0.397 e. The molecule has 0 fully saturated rings. The molecule has 0 aliphatic carbocycles. The Kier molecular flexibility index (Phi) is 5.27. The Morgan fingerprint density at radius 3 is 2.76 bits per heavy atom. The molecule has 21 heavy (non-hydrogen) atoms. The molecule has 114 valence electrons. The standard InChI is InChI=1S/C11H11Cl2F2N5O/c12-7-3-6(4-8(16)10(7)13)11-17-18-19-20(11)1-2-21-5-9(14)15/h3-4,9H,1-2,5,16H2. The monoisotopic (exact) mass is 337 g/mol. The summed E-state index contributed by atoms with van der Waals surface area (Å²) in [6, 6.07) is 3.15. The fourth-order valence-corrected chi connectivity index (χ4v) is 1.96. The van der Waals surface area contributed by atoms with Crippen molar-refractivity contribution < 1.29 is 13.5 Å². The van der Waals surface area contributed by atoms with Crippen LogP contribution >= 0.6 is 23.2 Å². The molecule has 0 aliphatic rings. The normalized spacial score (nSPS) is 11.3. The molecule has 0 spiro atoms. The molecular formula is C11H11Cl2F2N5O. The van der Waals surface area contributed by atoms with Gasteiger partial charge in [-0.1, -0.05) is 23.2 Å². The van der Waals surface area contributed by atoms with Crippen LogP contribution in [0.3, 0.4) is 0 Å². The van der Waals surface area contributed by atoms with Crippen LogP contribution in [-0.4, -0.2) is 39.8 Å². The predicted molar refractivity (Wildman–Crippen MR) is 74.5 cm³/mol. The molecule has 6 nitrogen and oxygen atoms in total. The molecule has 0 unspecified atom stereocenters. The Morgan fingerprint density at radius 2 is 2.10 bits per heavy atom. The van der Waals surface area contributed by atoms with E-state index >= 15 is 0 Å². The lowest BCUT2D eigenvalue weighted by Gasteiger charge is -2.08. The molecule has 10 heteroatoms. The minimum atomic E-state index is -2.51. The summed E-state index contributed by atoms with van der Waals surface area (Å²) in [5.41, 5.74) is 6.59. The van der Waals surface area contributed by atoms with Crippen molar-refractivity contribution in [2.75, 3.05) is 18.9 Å². The molecule has 0 saturated carbocycles. The van der Waals surface area contributed by atoms with Crippen molar-refractivity contribution in [3.63, 3.8) is 0 Å². The first-order valence-corrected chi connectivity index (χ1v) is 6.61. The van der Waals surface area contributed by atoms with Gasteiger partial charge in [-0.2, -0.15) is 0 Å². The molecule has 0 saturated heterocycles. The topological polar surface area (TPSA) is 78.9 Å². The lowest BCUT2D eigenvalue weighted by molar-refractivity contribution is 0.0140. The molecule has 2 N–H and O–H groups in total. The number of nitrogens with zero attached hydrogens (tertiary/aromatic N) is 4. The van der Waals surface area contributed by atoms with E-state index in [0.717, 1.165) is 0 Å². The highest BCUT2D eigenvalue weighted by Gasteiger charge is 2.13. The molecule has 0 atom stereocenters. The van der Waals surface area contributed by atoms with Crippen molar-refractivity contribution >= 4 is 28.9 Å². The van der Waals surface area contributed by atoms with E-state index in [2.05, 4.69) is 15.5 Å². The van der Waals surface area contributed by atoms with Crippen LogP contribution in [0.25, 0.3) is 11.4 Å². The zero-order chi connectivity index (χ0) is 15.4. The number of hydrogen-bond acceptors (Lipinski definition) is 5. The maximum absolute atomic E-state index is 12.0. The number of nitrogens with two attached hydrogens (primary N) is 1. The summed E-state index contributed by atoms with van der Waals surface area (Å²) in [6.07, 6.45) is -2.51. The van der Waals surface area contributed by atoms with Crippen molar-refractivity contribution in [1.29, 1.82) is 0 Å². The van der Waals surface area contributed by atoms with Gasteiger partial charge in [-0.3, -0.25) is 0 Å². The van der Waals surface area contributed by atoms with Gasteiger partial charge in [0.05, 0.1) is 28.9 Å². The first kappa shape index (κ1) is 15.9. The van der Waals surface area contributed by atoms with Crippen molar-refractivity contribution in [3.8, 4) is 11.4 Å². The van der Waals surface area contributed by atoms with Crippen molar-refractivity contribution in [2.24, 2.45) is 0 Å². The van der Waals surface area contributed by atoms with Crippen LogP contribution in [-0.2, 0) is 11.3 Å². The largest absolute Gasteiger partial charge is 0.397 e. The van der Waals surface area contributed by atoms with Crippen LogP contribution < -0.4 is 5.73 Å². The SMILES string of the molecule is Nc1cc(-c2nnnn2CCOCC(F)F)cc(Cl)c1Cl. The Hall–Kier alpha value is -1.51. The second kappa shape index (κ2) is 6.97. The maximum Gasteiger partial charge on any atom is 0.261 e. The lowest BCUT2D eigenvalue weighted by Crippen LogP contribution is -2.12. The summed E-state index contributed by atoms with van der Waals surface area (Å²) in [4.78, 5) is 0. The fraction of sp³-hybridized carbons (Fsp3) is 0.364. The zero-order valence-electron chi connectivity index (χ0n) is 10.6. The summed E-state index contributed by atoms with van der Waals surface area (Å²) in [7, 11) is 0. The number of hydrogen-bond donors (Lipinski definition) is 1. The number of anilines is 1. The second-order valence-electron chi connectivity index (χ2n) is 4.05. The average Bonchev–Trinajstić information content (AvgIpc) is 2.88. The van der Waals surface area contributed by atoms with Gasteiger partial charge in [-0.15, -0.1) is 5.10 Å². The van der Waals surface area contributed by atoms with E-state index in [0.29, 0.717) is 17.1 Å². The Bertz CT molecular complexity index is 599. The highest BCUT2D eigenvalue weighted by Crippen LogP contribution is 2.32. The van der Waals surface area contributed by atoms with Crippen molar-refractivity contribution in [3.05, 3.63) is 22.2 Å². The Labute approximate surface area is 128 Å². The number of halogens is 4. The molecule has 0 amide bonds. The van der Waals surface area contributed by atoms with Gasteiger partial charge in [0, 0.05) is 5.56 Å². The summed E-state index contributed by atoms with van der Waals surface area (Å²) in [5, 5.41) is 11.7. The molecule has 1 aromatic heterocycles. The van der Waals surface area contributed by atoms with Crippen molar-refractivity contribution in [1.82, 2.24) is 20.2 Å². The number of rotatable bonds is 6. The first-order valence-electron chi connectivity index (χ1n) is 5.86. The zero-order valence-corrected chi connectivity index (χ0v) is 12.2. The maximum atomic E-state index is 12.0. The number of benzene rings is 1. The van der Waals surface area contributed by atoms with E-state index in [1.54, 1.807) is 12.1 Å². The number of ether oxygens (including phenoxy) is 1. The summed E-state index contributed by atoms with van der Waals surface area (Å²) < 4.78 is 30.1. The van der Waals surface area contributed by atoms with E-state index in [1.165, 1.54) is 4.68 Å². The first-order chi connectivity index (χ1) is 9.99. The van der Waals surface area contributed by atoms with Crippen LogP contribution in [0.5, 0.6) is 0 Å². The molecule has 0 aliphatic heterocycles. The number of alkyl halides is 2. The molecular weight excluding hydrogens is 327 g/mol.